The van der Waals surface area contributed by atoms with Crippen LogP contribution in [0, 0.1) is 23.8 Å². The maximum absolute atomic E-state index is 12.1. The van der Waals surface area contributed by atoms with Gasteiger partial charge in [-0.05, 0) is 58.5 Å². The third-order valence-electron chi connectivity index (χ3n) is 4.49. The van der Waals surface area contributed by atoms with Crippen molar-refractivity contribution in [1.82, 2.24) is 0 Å². The molecule has 172 valence electrons. The molecule has 2 N–H and O–H groups in total. The zero-order valence-corrected chi connectivity index (χ0v) is 19.7. The second-order valence-electron chi connectivity index (χ2n) is 6.49. The van der Waals surface area contributed by atoms with E-state index in [1.165, 1.54) is 12.1 Å². The summed E-state index contributed by atoms with van der Waals surface area (Å²) in [5.41, 5.74) is -2.96. The van der Waals surface area contributed by atoms with Crippen molar-refractivity contribution in [2.24, 2.45) is 0 Å². The normalized spacial score (nSPS) is 11.8. The minimum atomic E-state index is -5.25. The Hall–Kier alpha value is -2.99. The quantitative estimate of drug-likeness (QED) is 0.180. The molecule has 0 spiro atoms. The third kappa shape index (κ3) is 5.01. The molecule has 0 aliphatic rings. The van der Waals surface area contributed by atoms with E-state index in [0.29, 0.717) is 17.7 Å². The molecular formula is C18H11IN2O10S2. The van der Waals surface area contributed by atoms with Crippen LogP contribution in [0.1, 0.15) is 0 Å². The Bertz CT molecular complexity index is 1520. The molecule has 0 amide bonds. The van der Waals surface area contributed by atoms with Gasteiger partial charge in [0.15, 0.2) is 0 Å². The van der Waals surface area contributed by atoms with Gasteiger partial charge in [0.1, 0.15) is 10.5 Å². The summed E-state index contributed by atoms with van der Waals surface area (Å²) < 4.78 is 66.6. The molecule has 0 aromatic heterocycles. The predicted octanol–water partition coefficient (Wildman–Crippen LogP) is 3.94. The van der Waals surface area contributed by atoms with Gasteiger partial charge in [-0.3, -0.25) is 29.3 Å². The maximum atomic E-state index is 12.1. The van der Waals surface area contributed by atoms with E-state index in [4.69, 9.17) is 0 Å². The Kier molecular flexibility index (Phi) is 6.53. The van der Waals surface area contributed by atoms with E-state index in [2.05, 4.69) is 0 Å². The molecule has 0 atom stereocenters. The van der Waals surface area contributed by atoms with Crippen LogP contribution in [0.15, 0.2) is 64.4 Å². The first-order valence-electron chi connectivity index (χ1n) is 8.53. The van der Waals surface area contributed by atoms with E-state index in [-0.39, 0.29) is 5.56 Å². The van der Waals surface area contributed by atoms with Gasteiger partial charge in [-0.15, -0.1) is 0 Å². The summed E-state index contributed by atoms with van der Waals surface area (Å²) in [4.78, 5) is 19.7. The lowest BCUT2D eigenvalue weighted by Gasteiger charge is -2.13. The molecule has 0 bridgehead atoms. The molecule has 0 aliphatic carbocycles. The first-order chi connectivity index (χ1) is 15.2. The Balaban J connectivity index is 2.53. The van der Waals surface area contributed by atoms with Crippen LogP contribution in [-0.4, -0.2) is 35.8 Å². The summed E-state index contributed by atoms with van der Waals surface area (Å²) in [6, 6.07) is 10.1. The van der Waals surface area contributed by atoms with Gasteiger partial charge in [-0.2, -0.15) is 16.8 Å². The van der Waals surface area contributed by atoms with Gasteiger partial charge in [0.25, 0.3) is 31.6 Å². The SMILES string of the molecule is O=[N+]([O-])c1ccc(-c2ccc(I)cc2)c([N+](=O)[O-])c1-c1ccc(S(=O)(=O)O)cc1S(=O)(=O)O. The Labute approximate surface area is 199 Å². The number of hydrogen-bond acceptors (Lipinski definition) is 8. The lowest BCUT2D eigenvalue weighted by molar-refractivity contribution is -0.392. The predicted molar refractivity (Wildman–Crippen MR) is 123 cm³/mol. The van der Waals surface area contributed by atoms with Crippen molar-refractivity contribution in [1.29, 1.82) is 0 Å². The standard InChI is InChI=1S/C18H11IN2O10S2/c19-11-3-1-10(2-4-11)13-7-8-15(20(22)23)17(18(13)21(24)25)14-6-5-12(32(26,27)28)9-16(14)33(29,30)31/h1-9H,(H,26,27,28)(H,29,30,31). The fourth-order valence-corrected chi connectivity index (χ4v) is 4.80. The van der Waals surface area contributed by atoms with E-state index in [1.54, 1.807) is 12.1 Å². The lowest BCUT2D eigenvalue weighted by atomic mass is 9.94. The second-order valence-corrected chi connectivity index (χ2v) is 10.5. The van der Waals surface area contributed by atoms with E-state index in [0.717, 1.165) is 21.8 Å². The van der Waals surface area contributed by atoms with E-state index in [9.17, 15) is 46.2 Å². The highest BCUT2D eigenvalue weighted by atomic mass is 127. The first kappa shape index (κ1) is 24.6. The molecule has 0 radical (unpaired) electrons. The Morgan fingerprint density at radius 2 is 1.33 bits per heavy atom. The summed E-state index contributed by atoms with van der Waals surface area (Å²) in [5, 5.41) is 23.7. The molecule has 0 aliphatic heterocycles. The number of halogens is 1. The van der Waals surface area contributed by atoms with Gasteiger partial charge in [0.05, 0.1) is 20.3 Å². The van der Waals surface area contributed by atoms with Crippen molar-refractivity contribution < 1.29 is 35.8 Å². The molecule has 0 fully saturated rings. The monoisotopic (exact) mass is 606 g/mol. The molecule has 3 rings (SSSR count). The molecule has 0 unspecified atom stereocenters. The van der Waals surface area contributed by atoms with Crippen LogP contribution in [0.3, 0.4) is 0 Å². The number of rotatable bonds is 6. The first-order valence-corrected chi connectivity index (χ1v) is 12.5. The van der Waals surface area contributed by atoms with Gasteiger partial charge in [0, 0.05) is 15.2 Å². The van der Waals surface area contributed by atoms with Crippen molar-refractivity contribution >= 4 is 54.2 Å². The second kappa shape index (κ2) is 8.75. The van der Waals surface area contributed by atoms with Crippen LogP contribution in [0.2, 0.25) is 0 Å². The van der Waals surface area contributed by atoms with Crippen LogP contribution < -0.4 is 0 Å². The summed E-state index contributed by atoms with van der Waals surface area (Å²) >= 11 is 2.00. The lowest BCUT2D eigenvalue weighted by Crippen LogP contribution is -2.07. The largest absolute Gasteiger partial charge is 0.295 e. The zero-order chi connectivity index (χ0) is 24.7. The number of hydrogen-bond donors (Lipinski definition) is 2. The maximum Gasteiger partial charge on any atom is 0.295 e. The van der Waals surface area contributed by atoms with Crippen LogP contribution in [-0.2, 0) is 20.2 Å². The molecule has 3 aromatic rings. The third-order valence-corrected chi connectivity index (χ3v) is 6.95. The van der Waals surface area contributed by atoms with Crippen LogP contribution in [0.25, 0.3) is 22.3 Å². The van der Waals surface area contributed by atoms with Crippen LogP contribution in [0.5, 0.6) is 0 Å². The van der Waals surface area contributed by atoms with Crippen LogP contribution >= 0.6 is 22.6 Å². The fourth-order valence-electron chi connectivity index (χ4n) is 3.13. The summed E-state index contributed by atoms with van der Waals surface area (Å²) in [5.74, 6) is 0. The Morgan fingerprint density at radius 1 is 0.758 bits per heavy atom. The minimum Gasteiger partial charge on any atom is -0.282 e. The average Bonchev–Trinajstić information content (AvgIpc) is 2.71. The molecule has 0 heterocycles. The number of nitrogens with zero attached hydrogens (tertiary/aromatic N) is 2. The molecule has 33 heavy (non-hydrogen) atoms. The van der Waals surface area contributed by atoms with Gasteiger partial charge in [-0.1, -0.05) is 18.2 Å². The molecule has 0 saturated carbocycles. The number of benzene rings is 3. The summed E-state index contributed by atoms with van der Waals surface area (Å²) in [7, 11) is -10.2. The fraction of sp³-hybridized carbons (Fsp3) is 0. The van der Waals surface area contributed by atoms with E-state index >= 15 is 0 Å². The van der Waals surface area contributed by atoms with Crippen molar-refractivity contribution in [2.45, 2.75) is 9.79 Å². The smallest absolute Gasteiger partial charge is 0.282 e. The minimum absolute atomic E-state index is 0.0860. The van der Waals surface area contributed by atoms with E-state index < -0.39 is 62.4 Å². The summed E-state index contributed by atoms with van der Waals surface area (Å²) in [6.45, 7) is 0. The van der Waals surface area contributed by atoms with Gasteiger partial charge in [0.2, 0.25) is 0 Å². The van der Waals surface area contributed by atoms with Gasteiger partial charge in [-0.25, -0.2) is 0 Å². The molecule has 3 aromatic carbocycles. The highest BCUT2D eigenvalue weighted by Gasteiger charge is 2.34. The highest BCUT2D eigenvalue weighted by Crippen LogP contribution is 2.46. The number of nitro benzene ring substituents is 2. The molecular weight excluding hydrogens is 595 g/mol. The van der Waals surface area contributed by atoms with Crippen molar-refractivity contribution in [3.8, 4) is 22.3 Å². The zero-order valence-electron chi connectivity index (χ0n) is 15.9. The molecule has 12 nitrogen and oxygen atoms in total. The molecule has 0 saturated heterocycles. The van der Waals surface area contributed by atoms with Crippen molar-refractivity contribution in [3.05, 3.63) is 78.4 Å². The Morgan fingerprint density at radius 3 is 1.82 bits per heavy atom. The average molecular weight is 606 g/mol. The van der Waals surface area contributed by atoms with Gasteiger partial charge >= 0.3 is 0 Å². The van der Waals surface area contributed by atoms with Crippen molar-refractivity contribution in [3.63, 3.8) is 0 Å². The molecule has 15 heteroatoms. The topological polar surface area (TPSA) is 195 Å². The van der Waals surface area contributed by atoms with Gasteiger partial charge < -0.3 is 0 Å². The van der Waals surface area contributed by atoms with E-state index in [1.807, 2.05) is 22.6 Å². The van der Waals surface area contributed by atoms with Crippen molar-refractivity contribution in [2.75, 3.05) is 0 Å². The summed E-state index contributed by atoms with van der Waals surface area (Å²) in [6.07, 6.45) is 0. The van der Waals surface area contributed by atoms with Crippen LogP contribution in [0.4, 0.5) is 11.4 Å². The highest BCUT2D eigenvalue weighted by molar-refractivity contribution is 14.1. The number of nitro groups is 2.